The zero-order valence-electron chi connectivity index (χ0n) is 22.6. The maximum Gasteiger partial charge on any atom is 0.274 e. The minimum atomic E-state index is -3.84. The molecular formula is C31H27FN2O7S. The highest BCUT2D eigenvalue weighted by Gasteiger charge is 2.49. The topological polar surface area (TPSA) is 123 Å². The number of benzene rings is 3. The summed E-state index contributed by atoms with van der Waals surface area (Å²) in [5.41, 5.74) is 1.75. The van der Waals surface area contributed by atoms with Crippen LogP contribution in [0.3, 0.4) is 0 Å². The lowest BCUT2D eigenvalue weighted by Crippen LogP contribution is -2.39. The summed E-state index contributed by atoms with van der Waals surface area (Å²) in [6.45, 7) is 0.249. The number of halogens is 1. The molecule has 2 aliphatic heterocycles. The molecule has 3 heterocycles. The summed E-state index contributed by atoms with van der Waals surface area (Å²) in [5.74, 6) is 6.11. The van der Waals surface area contributed by atoms with E-state index in [2.05, 4.69) is 16.8 Å². The van der Waals surface area contributed by atoms with Gasteiger partial charge in [-0.1, -0.05) is 36.3 Å². The third-order valence-electron chi connectivity index (χ3n) is 7.23. The Balaban J connectivity index is 1.22. The lowest BCUT2D eigenvalue weighted by molar-refractivity contribution is -0.162. The Labute approximate surface area is 242 Å². The molecule has 0 saturated carbocycles. The van der Waals surface area contributed by atoms with Gasteiger partial charge in [-0.25, -0.2) is 22.9 Å². The molecule has 2 saturated heterocycles. The van der Waals surface area contributed by atoms with Crippen molar-refractivity contribution < 1.29 is 36.2 Å². The fourth-order valence-electron chi connectivity index (χ4n) is 5.18. The molecule has 0 amide bonds. The summed E-state index contributed by atoms with van der Waals surface area (Å²) in [6.07, 6.45) is 0.731. The number of oxazole rings is 1. The summed E-state index contributed by atoms with van der Waals surface area (Å²) in [4.78, 5) is 4.55. The second-order valence-corrected chi connectivity index (χ2v) is 11.6. The summed E-state index contributed by atoms with van der Waals surface area (Å²) in [6, 6.07) is 19.8. The van der Waals surface area contributed by atoms with Crippen LogP contribution in [0.4, 0.5) is 4.39 Å². The van der Waals surface area contributed by atoms with E-state index in [-0.39, 0.29) is 29.8 Å². The predicted molar refractivity (Wildman–Crippen MR) is 150 cm³/mol. The number of sulfonamides is 1. The molecule has 0 spiro atoms. The minimum Gasteiger partial charge on any atom is -0.481 e. The highest BCUT2D eigenvalue weighted by molar-refractivity contribution is 7.89. The first-order valence-corrected chi connectivity index (χ1v) is 14.7. The molecule has 0 radical (unpaired) electrons. The van der Waals surface area contributed by atoms with Crippen LogP contribution in [0, 0.1) is 17.7 Å². The van der Waals surface area contributed by atoms with E-state index >= 15 is 0 Å². The van der Waals surface area contributed by atoms with Gasteiger partial charge in [-0.15, -0.1) is 0 Å². The zero-order chi connectivity index (χ0) is 29.3. The average molecular weight is 591 g/mol. The number of methoxy groups -OCH3 is 1. The molecule has 42 heavy (non-hydrogen) atoms. The number of nitrogens with two attached hydrogens (primary N) is 1. The molecule has 11 heteroatoms. The van der Waals surface area contributed by atoms with Gasteiger partial charge in [0.1, 0.15) is 29.5 Å². The number of nitrogens with zero attached hydrogens (tertiary/aromatic N) is 1. The largest absolute Gasteiger partial charge is 0.481 e. The molecule has 3 aromatic carbocycles. The fourth-order valence-corrected chi connectivity index (χ4v) is 5.70. The minimum absolute atomic E-state index is 0.0156. The Morgan fingerprint density at radius 1 is 1.10 bits per heavy atom. The number of fused-ring (bicyclic) bond motifs is 2. The molecule has 216 valence electrons. The molecule has 9 nitrogen and oxygen atoms in total. The third kappa shape index (κ3) is 5.81. The van der Waals surface area contributed by atoms with Gasteiger partial charge in [0, 0.05) is 37.1 Å². The van der Waals surface area contributed by atoms with Gasteiger partial charge in [-0.3, -0.25) is 0 Å². The van der Waals surface area contributed by atoms with Gasteiger partial charge in [0.2, 0.25) is 10.0 Å². The molecule has 2 bridgehead atoms. The quantitative estimate of drug-likeness (QED) is 0.310. The fraction of sp³-hybridized carbons (Fsp3) is 0.258. The van der Waals surface area contributed by atoms with Gasteiger partial charge in [0.25, 0.3) is 5.89 Å². The first kappa shape index (κ1) is 28.1. The maximum absolute atomic E-state index is 14.6. The van der Waals surface area contributed by atoms with Crippen LogP contribution in [0.2, 0.25) is 0 Å². The van der Waals surface area contributed by atoms with Crippen molar-refractivity contribution in [3.8, 4) is 40.2 Å². The van der Waals surface area contributed by atoms with Crippen molar-refractivity contribution in [2.24, 2.45) is 5.14 Å². The van der Waals surface area contributed by atoms with Crippen LogP contribution in [0.25, 0.3) is 22.6 Å². The summed E-state index contributed by atoms with van der Waals surface area (Å²) >= 11 is 0. The van der Waals surface area contributed by atoms with Crippen LogP contribution < -0.4 is 9.88 Å². The van der Waals surface area contributed by atoms with E-state index in [9.17, 15) is 12.8 Å². The van der Waals surface area contributed by atoms with Crippen molar-refractivity contribution in [2.75, 3.05) is 20.3 Å². The standard InChI is InChI=1S/C31H27FN2O7S/c1-37-25-17-28-39-19-31(18-25,41-28)22-14-23(32)16-24(15-22)38-13-5-8-27-34-29(20-6-3-2-4-7-20)30(40-27)21-9-11-26(12-10-21)42(33,35)36/h2-4,6-7,9-12,14-16,25,28H,13,17-19H2,1H3,(H2,33,35,36)/t25-,28-,31-/m1/s1. The molecule has 6 rings (SSSR count). The molecule has 2 aliphatic rings. The molecule has 2 fully saturated rings. The number of ether oxygens (including phenoxy) is 4. The van der Waals surface area contributed by atoms with Crippen LogP contribution >= 0.6 is 0 Å². The van der Waals surface area contributed by atoms with E-state index in [1.54, 1.807) is 25.3 Å². The first-order chi connectivity index (χ1) is 20.2. The van der Waals surface area contributed by atoms with Crippen LogP contribution in [-0.2, 0) is 29.8 Å². The van der Waals surface area contributed by atoms with Gasteiger partial charge in [-0.05, 0) is 47.9 Å². The van der Waals surface area contributed by atoms with Crippen molar-refractivity contribution in [1.29, 1.82) is 0 Å². The van der Waals surface area contributed by atoms with E-state index in [4.69, 9.17) is 28.5 Å². The van der Waals surface area contributed by atoms with Gasteiger partial charge in [0.05, 0.1) is 17.6 Å². The molecule has 1 aromatic heterocycles. The molecule has 0 aliphatic carbocycles. The Hall–Kier alpha value is -4.05. The van der Waals surface area contributed by atoms with Gasteiger partial charge >= 0.3 is 0 Å². The van der Waals surface area contributed by atoms with Gasteiger partial charge in [-0.2, -0.15) is 0 Å². The summed E-state index contributed by atoms with van der Waals surface area (Å²) in [7, 11) is -2.20. The van der Waals surface area contributed by atoms with Crippen molar-refractivity contribution in [2.45, 2.75) is 35.7 Å². The van der Waals surface area contributed by atoms with Crippen molar-refractivity contribution in [3.05, 3.63) is 90.1 Å². The lowest BCUT2D eigenvalue weighted by atomic mass is 9.86. The van der Waals surface area contributed by atoms with Crippen LogP contribution in [0.15, 0.2) is 82.1 Å². The second-order valence-electron chi connectivity index (χ2n) is 10.0. The average Bonchev–Trinajstić information content (AvgIpc) is 3.56. The highest BCUT2D eigenvalue weighted by Crippen LogP contribution is 2.45. The third-order valence-corrected chi connectivity index (χ3v) is 8.16. The summed E-state index contributed by atoms with van der Waals surface area (Å²) in [5, 5.41) is 5.23. The van der Waals surface area contributed by atoms with Crippen molar-refractivity contribution >= 4 is 10.0 Å². The van der Waals surface area contributed by atoms with Gasteiger partial charge in [0.15, 0.2) is 12.1 Å². The second kappa shape index (κ2) is 11.3. The van der Waals surface area contributed by atoms with E-state index in [1.165, 1.54) is 24.3 Å². The molecule has 2 N–H and O–H groups in total. The Bertz CT molecular complexity index is 1760. The van der Waals surface area contributed by atoms with Crippen LogP contribution in [0.5, 0.6) is 5.75 Å². The first-order valence-electron chi connectivity index (χ1n) is 13.2. The normalized spacial score (nSPS) is 21.5. The number of rotatable bonds is 7. The number of aromatic nitrogens is 1. The number of primary sulfonamides is 1. The molecular weight excluding hydrogens is 563 g/mol. The number of hydrogen-bond acceptors (Lipinski definition) is 8. The Kier molecular flexibility index (Phi) is 7.57. The predicted octanol–water partition coefficient (Wildman–Crippen LogP) is 4.60. The smallest absolute Gasteiger partial charge is 0.274 e. The van der Waals surface area contributed by atoms with Crippen LogP contribution in [-0.4, -0.2) is 46.1 Å². The van der Waals surface area contributed by atoms with E-state index < -0.39 is 21.4 Å². The Morgan fingerprint density at radius 3 is 2.62 bits per heavy atom. The Morgan fingerprint density at radius 2 is 1.88 bits per heavy atom. The molecule has 4 aromatic rings. The van der Waals surface area contributed by atoms with E-state index in [0.717, 1.165) is 5.56 Å². The van der Waals surface area contributed by atoms with Crippen molar-refractivity contribution in [1.82, 2.24) is 4.98 Å². The van der Waals surface area contributed by atoms with Gasteiger partial charge < -0.3 is 23.4 Å². The molecule has 3 atom stereocenters. The highest BCUT2D eigenvalue weighted by atomic mass is 32.2. The van der Waals surface area contributed by atoms with E-state index in [0.29, 0.717) is 47.8 Å². The maximum atomic E-state index is 14.6. The van der Waals surface area contributed by atoms with Crippen LogP contribution in [0.1, 0.15) is 24.3 Å². The van der Waals surface area contributed by atoms with E-state index in [1.807, 2.05) is 30.3 Å². The summed E-state index contributed by atoms with van der Waals surface area (Å²) < 4.78 is 67.1. The SMILES string of the molecule is CO[C@@H]1C[C@@H]2OC[C@@](c3cc(F)cc(OCC#Cc4nc(-c5ccccc5)c(-c5ccc(S(N)(=O)=O)cc5)o4)c3)(C1)O2. The number of hydrogen-bond donors (Lipinski definition) is 1. The monoisotopic (exact) mass is 590 g/mol. The molecule has 0 unspecified atom stereocenters. The van der Waals surface area contributed by atoms with Crippen molar-refractivity contribution in [3.63, 3.8) is 0 Å². The zero-order valence-corrected chi connectivity index (χ0v) is 23.4. The lowest BCUT2D eigenvalue weighted by Gasteiger charge is -2.35.